The average Bonchev–Trinajstić information content (AvgIpc) is 3.28. The van der Waals surface area contributed by atoms with Crippen LogP contribution in [0.1, 0.15) is 45.4 Å². The molecule has 1 heterocycles. The number of hydrogen-bond donors (Lipinski definition) is 2. The molecule has 146 valence electrons. The molecule has 2 amide bonds. The fourth-order valence-electron chi connectivity index (χ4n) is 3.75. The summed E-state index contributed by atoms with van der Waals surface area (Å²) in [7, 11) is 0. The van der Waals surface area contributed by atoms with Gasteiger partial charge in [0.25, 0.3) is 0 Å². The number of hydrogen-bond acceptors (Lipinski definition) is 4. The summed E-state index contributed by atoms with van der Waals surface area (Å²) in [5.41, 5.74) is 6.07. The van der Waals surface area contributed by atoms with Crippen molar-refractivity contribution in [3.8, 4) is 0 Å². The number of carbonyl (C=O) groups is 2. The van der Waals surface area contributed by atoms with Crippen LogP contribution in [0.25, 0.3) is 0 Å². The Morgan fingerprint density at radius 3 is 2.24 bits per heavy atom. The minimum absolute atomic E-state index is 0. The molecular formula is C17H32Cl2N4O2. The van der Waals surface area contributed by atoms with Gasteiger partial charge in [-0.25, -0.2) is 0 Å². The predicted octanol–water partition coefficient (Wildman–Crippen LogP) is 1.16. The molecule has 0 bridgehead atoms. The molecular weight excluding hydrogens is 363 g/mol. The van der Waals surface area contributed by atoms with E-state index >= 15 is 0 Å². The maximum absolute atomic E-state index is 12.4. The van der Waals surface area contributed by atoms with Crippen LogP contribution in [0.2, 0.25) is 0 Å². The summed E-state index contributed by atoms with van der Waals surface area (Å²) in [6, 6.07) is 0.505. The molecule has 0 aromatic carbocycles. The molecule has 8 heteroatoms. The second kappa shape index (κ2) is 9.95. The van der Waals surface area contributed by atoms with Gasteiger partial charge in [-0.1, -0.05) is 6.42 Å². The fourth-order valence-corrected chi connectivity index (χ4v) is 3.75. The summed E-state index contributed by atoms with van der Waals surface area (Å²) < 4.78 is 0. The summed E-state index contributed by atoms with van der Waals surface area (Å²) in [4.78, 5) is 28.7. The zero-order valence-corrected chi connectivity index (χ0v) is 16.6. The van der Waals surface area contributed by atoms with Crippen LogP contribution < -0.4 is 11.1 Å². The average molecular weight is 395 g/mol. The minimum Gasteiger partial charge on any atom is -0.352 e. The summed E-state index contributed by atoms with van der Waals surface area (Å²) in [5, 5.41) is 3.06. The predicted molar refractivity (Wildman–Crippen MR) is 103 cm³/mol. The number of rotatable bonds is 5. The molecule has 1 saturated heterocycles. The second-order valence-corrected chi connectivity index (χ2v) is 7.43. The van der Waals surface area contributed by atoms with Gasteiger partial charge in [-0.3, -0.25) is 14.5 Å². The van der Waals surface area contributed by atoms with Gasteiger partial charge in [0.1, 0.15) is 0 Å². The maximum Gasteiger partial charge on any atom is 0.237 e. The molecule has 3 fully saturated rings. The zero-order valence-electron chi connectivity index (χ0n) is 15.0. The van der Waals surface area contributed by atoms with Crippen molar-refractivity contribution in [2.45, 2.75) is 63.6 Å². The van der Waals surface area contributed by atoms with Crippen molar-refractivity contribution in [3.05, 3.63) is 0 Å². The van der Waals surface area contributed by atoms with Crippen molar-refractivity contribution in [2.24, 2.45) is 11.7 Å². The van der Waals surface area contributed by atoms with Crippen LogP contribution in [-0.2, 0) is 9.59 Å². The number of nitrogens with two attached hydrogens (primary N) is 1. The van der Waals surface area contributed by atoms with Crippen LogP contribution in [-0.4, -0.2) is 65.9 Å². The van der Waals surface area contributed by atoms with E-state index < -0.39 is 0 Å². The summed E-state index contributed by atoms with van der Waals surface area (Å²) in [6.07, 6.45) is 6.12. The Bertz CT molecular complexity index is 454. The first-order valence-electron chi connectivity index (χ1n) is 9.12. The standard InChI is InChI=1S/C17H30N4O2.2ClH/c1-12(17(23)19-14-5-6-14)20-7-9-21(10-8-20)16(22)11-13-3-2-4-15(13)18;;/h12-15H,2-11,18H2,1H3,(H,19,23);2*1H/t12?,13-,15+;;/m0../s1. The Labute approximate surface area is 163 Å². The highest BCUT2D eigenvalue weighted by molar-refractivity contribution is 5.85. The van der Waals surface area contributed by atoms with E-state index in [-0.39, 0.29) is 48.7 Å². The van der Waals surface area contributed by atoms with Gasteiger partial charge in [0.2, 0.25) is 11.8 Å². The van der Waals surface area contributed by atoms with Crippen LogP contribution in [0.4, 0.5) is 0 Å². The van der Waals surface area contributed by atoms with Crippen molar-refractivity contribution >= 4 is 36.6 Å². The molecule has 1 unspecified atom stereocenters. The van der Waals surface area contributed by atoms with Gasteiger partial charge < -0.3 is 16.0 Å². The minimum atomic E-state index is -0.101. The molecule has 0 aromatic rings. The van der Waals surface area contributed by atoms with Gasteiger partial charge in [-0.15, -0.1) is 24.8 Å². The Morgan fingerprint density at radius 1 is 1.08 bits per heavy atom. The Kier molecular flexibility index (Phi) is 8.95. The number of piperazine rings is 1. The Morgan fingerprint density at radius 2 is 1.72 bits per heavy atom. The van der Waals surface area contributed by atoms with E-state index in [0.717, 1.165) is 58.3 Å². The van der Waals surface area contributed by atoms with E-state index in [4.69, 9.17) is 5.73 Å². The third-order valence-electron chi connectivity index (χ3n) is 5.67. The smallest absolute Gasteiger partial charge is 0.237 e. The zero-order chi connectivity index (χ0) is 16.4. The first-order chi connectivity index (χ1) is 11.0. The molecule has 25 heavy (non-hydrogen) atoms. The molecule has 3 N–H and O–H groups in total. The van der Waals surface area contributed by atoms with E-state index in [1.54, 1.807) is 0 Å². The fraction of sp³-hybridized carbons (Fsp3) is 0.882. The van der Waals surface area contributed by atoms with E-state index in [0.29, 0.717) is 18.4 Å². The molecule has 3 aliphatic rings. The van der Waals surface area contributed by atoms with Gasteiger partial charge in [-0.2, -0.15) is 0 Å². The van der Waals surface area contributed by atoms with E-state index in [1.807, 2.05) is 11.8 Å². The van der Waals surface area contributed by atoms with Crippen LogP contribution in [0.3, 0.4) is 0 Å². The van der Waals surface area contributed by atoms with Gasteiger partial charge in [0.05, 0.1) is 6.04 Å². The van der Waals surface area contributed by atoms with Gasteiger partial charge >= 0.3 is 0 Å². The molecule has 2 aliphatic carbocycles. The number of amides is 2. The lowest BCUT2D eigenvalue weighted by Gasteiger charge is -2.38. The SMILES string of the molecule is CC(C(=O)NC1CC1)N1CCN(C(=O)C[C@@H]2CCC[C@H]2N)CC1.Cl.Cl. The van der Waals surface area contributed by atoms with E-state index in [9.17, 15) is 9.59 Å². The maximum atomic E-state index is 12.4. The van der Waals surface area contributed by atoms with Crippen LogP contribution in [0, 0.1) is 5.92 Å². The number of nitrogens with one attached hydrogen (secondary N) is 1. The van der Waals surface area contributed by atoms with Crippen molar-refractivity contribution < 1.29 is 9.59 Å². The molecule has 0 aromatic heterocycles. The molecule has 1 aliphatic heterocycles. The lowest BCUT2D eigenvalue weighted by atomic mass is 9.99. The van der Waals surface area contributed by atoms with E-state index in [2.05, 4.69) is 10.2 Å². The number of halogens is 2. The van der Waals surface area contributed by atoms with Crippen molar-refractivity contribution in [3.63, 3.8) is 0 Å². The van der Waals surface area contributed by atoms with Crippen LogP contribution in [0.5, 0.6) is 0 Å². The summed E-state index contributed by atoms with van der Waals surface area (Å²) >= 11 is 0. The topological polar surface area (TPSA) is 78.7 Å². The molecule has 2 saturated carbocycles. The highest BCUT2D eigenvalue weighted by Crippen LogP contribution is 2.27. The lowest BCUT2D eigenvalue weighted by Crippen LogP contribution is -2.55. The second-order valence-electron chi connectivity index (χ2n) is 7.43. The highest BCUT2D eigenvalue weighted by atomic mass is 35.5. The molecule has 3 atom stereocenters. The first-order valence-corrected chi connectivity index (χ1v) is 9.12. The van der Waals surface area contributed by atoms with Crippen LogP contribution >= 0.6 is 24.8 Å². The van der Waals surface area contributed by atoms with Crippen molar-refractivity contribution in [1.29, 1.82) is 0 Å². The molecule has 6 nitrogen and oxygen atoms in total. The van der Waals surface area contributed by atoms with Crippen molar-refractivity contribution in [1.82, 2.24) is 15.1 Å². The van der Waals surface area contributed by atoms with Gasteiger partial charge in [0, 0.05) is 44.7 Å². The summed E-state index contributed by atoms with van der Waals surface area (Å²) in [5.74, 6) is 0.732. The monoisotopic (exact) mass is 394 g/mol. The van der Waals surface area contributed by atoms with E-state index in [1.165, 1.54) is 0 Å². The Balaban J connectivity index is 0.00000156. The molecule has 0 radical (unpaired) electrons. The van der Waals surface area contributed by atoms with Gasteiger partial charge in [0.15, 0.2) is 0 Å². The highest BCUT2D eigenvalue weighted by Gasteiger charge is 2.32. The largest absolute Gasteiger partial charge is 0.352 e. The van der Waals surface area contributed by atoms with Crippen LogP contribution in [0.15, 0.2) is 0 Å². The number of carbonyl (C=O) groups excluding carboxylic acids is 2. The molecule has 3 rings (SSSR count). The van der Waals surface area contributed by atoms with Crippen molar-refractivity contribution in [2.75, 3.05) is 26.2 Å². The third kappa shape index (κ3) is 5.98. The third-order valence-corrected chi connectivity index (χ3v) is 5.67. The Hall–Kier alpha value is -0.560. The number of nitrogens with zero attached hydrogens (tertiary/aromatic N) is 2. The first kappa shape index (κ1) is 22.5. The summed E-state index contributed by atoms with van der Waals surface area (Å²) in [6.45, 7) is 4.97. The lowest BCUT2D eigenvalue weighted by molar-refractivity contribution is -0.135. The quantitative estimate of drug-likeness (QED) is 0.732. The normalized spacial score (nSPS) is 27.8. The molecule has 0 spiro atoms. The van der Waals surface area contributed by atoms with Gasteiger partial charge in [-0.05, 0) is 38.5 Å².